The van der Waals surface area contributed by atoms with E-state index in [1.165, 1.54) is 18.2 Å². The topological polar surface area (TPSA) is 120 Å². The first-order valence-electron chi connectivity index (χ1n) is 14.7. The molecular formula is C33H36ClFN4O4. The number of carbonyl (C=O) groups is 1. The summed E-state index contributed by atoms with van der Waals surface area (Å²) in [5.41, 5.74) is -0.252. The number of aryl methyl sites for hydroxylation is 1. The third kappa shape index (κ3) is 5.82. The summed E-state index contributed by atoms with van der Waals surface area (Å²) in [6, 6.07) is 7.60. The van der Waals surface area contributed by atoms with Crippen LogP contribution in [0.1, 0.15) is 85.7 Å². The molecule has 0 saturated heterocycles. The van der Waals surface area contributed by atoms with Crippen molar-refractivity contribution in [3.63, 3.8) is 0 Å². The standard InChI is InChI=1S/C33H36ClFN4O4/c1-31(2,41)23-4-7-27(36-17-23)33(43)13-19(14-33)8-9-32(42)15-21-10-20(11-22(21)16-32)28-29(39(3)18-37-28)30(40)38-24-5-6-26(35)25(34)12-24/h4-7,12,17-22,41-43H,10-11,13-16H2,1-3H3,(H,38,40). The summed E-state index contributed by atoms with van der Waals surface area (Å²) in [5, 5.41) is 35.2. The molecule has 3 aromatic rings. The van der Waals surface area contributed by atoms with Crippen LogP contribution in [0.5, 0.6) is 0 Å². The van der Waals surface area contributed by atoms with Gasteiger partial charge in [-0.25, -0.2) is 9.37 Å². The molecule has 0 radical (unpaired) electrons. The maximum absolute atomic E-state index is 13.6. The summed E-state index contributed by atoms with van der Waals surface area (Å²) >= 11 is 5.88. The average Bonchev–Trinajstić information content (AvgIpc) is 3.58. The normalized spacial score (nSPS) is 29.9. The number of imidazole rings is 1. The van der Waals surface area contributed by atoms with Crippen molar-refractivity contribution in [2.24, 2.45) is 24.8 Å². The van der Waals surface area contributed by atoms with Gasteiger partial charge in [-0.15, -0.1) is 0 Å². The first-order chi connectivity index (χ1) is 20.2. The zero-order valence-electron chi connectivity index (χ0n) is 24.4. The number of amides is 1. The lowest BCUT2D eigenvalue weighted by Crippen LogP contribution is -2.41. The van der Waals surface area contributed by atoms with Crippen LogP contribution in [0.4, 0.5) is 10.1 Å². The predicted octanol–water partition coefficient (Wildman–Crippen LogP) is 5.02. The van der Waals surface area contributed by atoms with Crippen molar-refractivity contribution in [2.75, 3.05) is 5.32 Å². The van der Waals surface area contributed by atoms with Gasteiger partial charge in [0, 0.05) is 36.3 Å². The number of aliphatic hydroxyl groups is 3. The van der Waals surface area contributed by atoms with Gasteiger partial charge in [0.25, 0.3) is 5.91 Å². The minimum atomic E-state index is -1.06. The minimum absolute atomic E-state index is 0.0245. The number of hydrogen-bond donors (Lipinski definition) is 4. The lowest BCUT2D eigenvalue weighted by molar-refractivity contribution is -0.0661. The number of rotatable bonds is 5. The van der Waals surface area contributed by atoms with Crippen LogP contribution in [-0.2, 0) is 18.2 Å². The number of nitrogens with zero attached hydrogens (tertiary/aromatic N) is 3. The Morgan fingerprint density at radius 1 is 1.12 bits per heavy atom. The van der Waals surface area contributed by atoms with Gasteiger partial charge in [-0.05, 0) is 88.5 Å². The molecule has 0 aliphatic heterocycles. The molecule has 43 heavy (non-hydrogen) atoms. The van der Waals surface area contributed by atoms with Crippen molar-refractivity contribution in [3.8, 4) is 11.8 Å². The highest BCUT2D eigenvalue weighted by atomic mass is 35.5. The molecule has 1 amide bonds. The predicted molar refractivity (Wildman–Crippen MR) is 160 cm³/mol. The average molecular weight is 607 g/mol. The Morgan fingerprint density at radius 3 is 2.42 bits per heavy atom. The zero-order chi connectivity index (χ0) is 30.7. The first kappa shape index (κ1) is 29.8. The Labute approximate surface area is 255 Å². The number of fused-ring (bicyclic) bond motifs is 1. The molecule has 2 atom stereocenters. The molecule has 2 aromatic heterocycles. The number of halogens is 2. The second kappa shape index (κ2) is 10.7. The Bertz CT molecular complexity index is 1600. The lowest BCUT2D eigenvalue weighted by Gasteiger charge is -2.41. The maximum atomic E-state index is 13.6. The fraction of sp³-hybridized carbons (Fsp3) is 0.485. The van der Waals surface area contributed by atoms with Crippen LogP contribution >= 0.6 is 11.6 Å². The molecular weight excluding hydrogens is 571 g/mol. The summed E-state index contributed by atoms with van der Waals surface area (Å²) in [4.78, 5) is 22.2. The molecule has 1 aromatic carbocycles. The molecule has 3 saturated carbocycles. The summed E-state index contributed by atoms with van der Waals surface area (Å²) < 4.78 is 15.2. The fourth-order valence-electron chi connectivity index (χ4n) is 7.11. The largest absolute Gasteiger partial charge is 0.386 e. The van der Waals surface area contributed by atoms with E-state index in [1.54, 1.807) is 50.1 Å². The van der Waals surface area contributed by atoms with E-state index in [2.05, 4.69) is 27.1 Å². The van der Waals surface area contributed by atoms with Crippen LogP contribution in [0, 0.1) is 35.4 Å². The van der Waals surface area contributed by atoms with Crippen molar-refractivity contribution in [1.82, 2.24) is 14.5 Å². The van der Waals surface area contributed by atoms with E-state index in [4.69, 9.17) is 11.6 Å². The van der Waals surface area contributed by atoms with Crippen LogP contribution in [0.15, 0.2) is 42.9 Å². The number of anilines is 1. The van der Waals surface area contributed by atoms with E-state index in [0.29, 0.717) is 48.3 Å². The number of pyridine rings is 1. The number of benzene rings is 1. The van der Waals surface area contributed by atoms with Crippen LogP contribution in [-0.4, -0.2) is 41.4 Å². The van der Waals surface area contributed by atoms with Crippen molar-refractivity contribution in [3.05, 3.63) is 76.3 Å². The maximum Gasteiger partial charge on any atom is 0.274 e. The Morgan fingerprint density at radius 2 is 1.81 bits per heavy atom. The molecule has 0 spiro atoms. The number of aromatic nitrogens is 3. The van der Waals surface area contributed by atoms with Crippen molar-refractivity contribution < 1.29 is 24.5 Å². The molecule has 8 nitrogen and oxygen atoms in total. The van der Waals surface area contributed by atoms with Gasteiger partial charge in [0.15, 0.2) is 0 Å². The van der Waals surface area contributed by atoms with E-state index in [-0.39, 0.29) is 34.6 Å². The van der Waals surface area contributed by atoms with E-state index >= 15 is 0 Å². The van der Waals surface area contributed by atoms with Gasteiger partial charge in [-0.2, -0.15) is 0 Å². The van der Waals surface area contributed by atoms with E-state index in [9.17, 15) is 24.5 Å². The second-order valence-electron chi connectivity index (χ2n) is 13.2. The third-order valence-electron chi connectivity index (χ3n) is 9.41. The summed E-state index contributed by atoms with van der Waals surface area (Å²) in [6.07, 6.45) is 6.90. The molecule has 226 valence electrons. The van der Waals surface area contributed by atoms with Gasteiger partial charge in [0.1, 0.15) is 22.7 Å². The van der Waals surface area contributed by atoms with Crippen LogP contribution in [0.3, 0.4) is 0 Å². The van der Waals surface area contributed by atoms with E-state index < -0.39 is 22.6 Å². The van der Waals surface area contributed by atoms with E-state index in [1.807, 2.05) is 0 Å². The Balaban J connectivity index is 1.06. The summed E-state index contributed by atoms with van der Waals surface area (Å²) in [6.45, 7) is 3.39. The lowest BCUT2D eigenvalue weighted by atomic mass is 9.69. The van der Waals surface area contributed by atoms with Gasteiger partial charge in [0.2, 0.25) is 0 Å². The molecule has 3 aliphatic rings. The molecule has 3 aliphatic carbocycles. The quantitative estimate of drug-likeness (QED) is 0.303. The highest BCUT2D eigenvalue weighted by Crippen LogP contribution is 2.54. The monoisotopic (exact) mass is 606 g/mol. The van der Waals surface area contributed by atoms with Gasteiger partial charge in [-0.1, -0.05) is 29.5 Å². The smallest absolute Gasteiger partial charge is 0.274 e. The summed E-state index contributed by atoms with van der Waals surface area (Å²) in [5.74, 6) is 6.10. The third-order valence-corrected chi connectivity index (χ3v) is 9.70. The molecule has 10 heteroatoms. The van der Waals surface area contributed by atoms with Gasteiger partial charge in [0.05, 0.1) is 28.3 Å². The Kier molecular flexibility index (Phi) is 7.41. The van der Waals surface area contributed by atoms with Crippen LogP contribution in [0.2, 0.25) is 5.02 Å². The number of hydrogen-bond acceptors (Lipinski definition) is 6. The number of nitrogens with one attached hydrogen (secondary N) is 1. The Hall–Kier alpha value is -3.29. The highest BCUT2D eigenvalue weighted by molar-refractivity contribution is 6.31. The molecule has 2 unspecified atom stereocenters. The van der Waals surface area contributed by atoms with Gasteiger partial charge < -0.3 is 25.2 Å². The van der Waals surface area contributed by atoms with Crippen molar-refractivity contribution >= 4 is 23.2 Å². The SMILES string of the molecule is Cn1cnc(C2CC3CC(O)(C#CC4CC(O)(c5ccc(C(C)(C)O)cn5)C4)CC3C2)c1C(=O)Nc1ccc(F)c(Cl)c1. The zero-order valence-corrected chi connectivity index (χ0v) is 25.2. The van der Waals surface area contributed by atoms with E-state index in [0.717, 1.165) is 18.5 Å². The summed E-state index contributed by atoms with van der Waals surface area (Å²) in [7, 11) is 1.77. The van der Waals surface area contributed by atoms with Crippen LogP contribution in [0.25, 0.3) is 0 Å². The van der Waals surface area contributed by atoms with Gasteiger partial charge in [-0.3, -0.25) is 9.78 Å². The molecule has 2 heterocycles. The molecule has 0 bridgehead atoms. The second-order valence-corrected chi connectivity index (χ2v) is 13.6. The molecule has 4 N–H and O–H groups in total. The van der Waals surface area contributed by atoms with Crippen molar-refractivity contribution in [2.45, 2.75) is 75.1 Å². The fourth-order valence-corrected chi connectivity index (χ4v) is 7.29. The van der Waals surface area contributed by atoms with Gasteiger partial charge >= 0.3 is 0 Å². The van der Waals surface area contributed by atoms with Crippen LogP contribution < -0.4 is 5.32 Å². The number of carbonyl (C=O) groups excluding carboxylic acids is 1. The minimum Gasteiger partial charge on any atom is -0.386 e. The van der Waals surface area contributed by atoms with Crippen molar-refractivity contribution in [1.29, 1.82) is 0 Å². The highest BCUT2D eigenvalue weighted by Gasteiger charge is 2.50. The molecule has 6 rings (SSSR count). The first-order valence-corrected chi connectivity index (χ1v) is 15.1. The molecule has 3 fully saturated rings.